The van der Waals surface area contributed by atoms with Crippen LogP contribution < -0.4 is 16.0 Å². The van der Waals surface area contributed by atoms with Crippen LogP contribution in [0, 0.1) is 5.92 Å². The second kappa shape index (κ2) is 13.0. The number of carbonyl (C=O) groups is 1. The molecule has 0 atom stereocenters. The molecule has 0 radical (unpaired) electrons. The summed E-state index contributed by atoms with van der Waals surface area (Å²) in [5.41, 5.74) is 0. The van der Waals surface area contributed by atoms with Crippen molar-refractivity contribution in [3.05, 3.63) is 0 Å². The van der Waals surface area contributed by atoms with E-state index in [0.717, 1.165) is 12.5 Å². The first kappa shape index (κ1) is 21.5. The van der Waals surface area contributed by atoms with Gasteiger partial charge in [-0.25, -0.2) is 0 Å². The Morgan fingerprint density at radius 2 is 1.86 bits per heavy atom. The summed E-state index contributed by atoms with van der Waals surface area (Å²) in [6.07, 6.45) is 7.03. The summed E-state index contributed by atoms with van der Waals surface area (Å²) in [4.78, 5) is 16.3. The summed E-state index contributed by atoms with van der Waals surface area (Å²) in [6, 6.07) is 0.351. The van der Waals surface area contributed by atoms with Crippen LogP contribution in [0.15, 0.2) is 4.99 Å². The number of nitrogens with one attached hydrogen (secondary N) is 3. The van der Waals surface area contributed by atoms with Gasteiger partial charge in [0, 0.05) is 25.6 Å². The third-order valence-electron chi connectivity index (χ3n) is 3.67. The monoisotopic (exact) mass is 424 g/mol. The van der Waals surface area contributed by atoms with Gasteiger partial charge in [0.05, 0.1) is 6.54 Å². The summed E-state index contributed by atoms with van der Waals surface area (Å²) in [6.45, 7) is 8.27. The number of nitrogens with zero attached hydrogens (tertiary/aromatic N) is 1. The fourth-order valence-electron chi connectivity index (χ4n) is 2.68. The normalized spacial score (nSPS) is 16.1. The van der Waals surface area contributed by atoms with E-state index >= 15 is 0 Å². The number of carbonyl (C=O) groups excluding carboxylic acids is 1. The molecule has 22 heavy (non-hydrogen) atoms. The highest BCUT2D eigenvalue weighted by atomic mass is 127. The smallest absolute Gasteiger partial charge is 0.220 e. The molecule has 0 bridgehead atoms. The molecule has 130 valence electrons. The molecule has 0 aromatic rings. The van der Waals surface area contributed by atoms with Crippen LogP contribution in [0.25, 0.3) is 0 Å². The standard InChI is InChI=1S/C16H32N4O.HI/c1-4-17-16(20-13(2)3)19-11-10-18-15(21)12-14-8-6-5-7-9-14;/h13-14H,4-12H2,1-3H3,(H,18,21)(H2,17,19,20);1H. The number of guanidine groups is 1. The Bertz CT molecular complexity index is 328. The van der Waals surface area contributed by atoms with E-state index in [-0.39, 0.29) is 29.9 Å². The minimum atomic E-state index is 0. The van der Waals surface area contributed by atoms with Crippen LogP contribution >= 0.6 is 24.0 Å². The Hall–Kier alpha value is -0.530. The lowest BCUT2D eigenvalue weighted by atomic mass is 9.87. The van der Waals surface area contributed by atoms with Crippen LogP contribution in [-0.4, -0.2) is 37.5 Å². The highest BCUT2D eigenvalue weighted by molar-refractivity contribution is 14.0. The molecule has 0 aromatic carbocycles. The van der Waals surface area contributed by atoms with E-state index in [0.29, 0.717) is 31.5 Å². The molecule has 1 aliphatic carbocycles. The molecule has 1 aliphatic rings. The van der Waals surface area contributed by atoms with E-state index in [2.05, 4.69) is 34.8 Å². The summed E-state index contributed by atoms with van der Waals surface area (Å²) in [5, 5.41) is 9.43. The first-order chi connectivity index (χ1) is 10.1. The maximum atomic E-state index is 11.9. The number of halogens is 1. The Morgan fingerprint density at radius 3 is 2.45 bits per heavy atom. The topological polar surface area (TPSA) is 65.5 Å². The van der Waals surface area contributed by atoms with Gasteiger partial charge in [-0.2, -0.15) is 0 Å². The van der Waals surface area contributed by atoms with Gasteiger partial charge < -0.3 is 16.0 Å². The second-order valence-corrected chi connectivity index (χ2v) is 6.12. The highest BCUT2D eigenvalue weighted by Gasteiger charge is 2.16. The van der Waals surface area contributed by atoms with E-state index in [1.807, 2.05) is 6.92 Å². The molecule has 1 fully saturated rings. The van der Waals surface area contributed by atoms with Crippen LogP contribution in [0.3, 0.4) is 0 Å². The minimum Gasteiger partial charge on any atom is -0.357 e. The molecule has 0 aromatic heterocycles. The lowest BCUT2D eigenvalue weighted by Crippen LogP contribution is -2.41. The van der Waals surface area contributed by atoms with Crippen LogP contribution in [0.5, 0.6) is 0 Å². The Labute approximate surface area is 152 Å². The quantitative estimate of drug-likeness (QED) is 0.255. The lowest BCUT2D eigenvalue weighted by Gasteiger charge is -2.20. The van der Waals surface area contributed by atoms with Gasteiger partial charge in [0.15, 0.2) is 5.96 Å². The number of aliphatic imine (C=N–C) groups is 1. The number of hydrogen-bond acceptors (Lipinski definition) is 2. The molecule has 1 saturated carbocycles. The summed E-state index contributed by atoms with van der Waals surface area (Å²) >= 11 is 0. The predicted molar refractivity (Wildman–Crippen MR) is 104 cm³/mol. The summed E-state index contributed by atoms with van der Waals surface area (Å²) in [7, 11) is 0. The van der Waals surface area contributed by atoms with Gasteiger partial charge in [0.25, 0.3) is 0 Å². The third kappa shape index (κ3) is 10.2. The molecule has 1 amide bonds. The van der Waals surface area contributed by atoms with Crippen molar-refractivity contribution in [3.8, 4) is 0 Å². The maximum Gasteiger partial charge on any atom is 0.220 e. The first-order valence-electron chi connectivity index (χ1n) is 8.43. The molecular formula is C16H33IN4O. The van der Waals surface area contributed by atoms with E-state index < -0.39 is 0 Å². The van der Waals surface area contributed by atoms with Crippen molar-refractivity contribution in [1.82, 2.24) is 16.0 Å². The van der Waals surface area contributed by atoms with Crippen molar-refractivity contribution in [1.29, 1.82) is 0 Å². The first-order valence-corrected chi connectivity index (χ1v) is 8.43. The van der Waals surface area contributed by atoms with Gasteiger partial charge in [-0.3, -0.25) is 9.79 Å². The zero-order valence-corrected chi connectivity index (χ0v) is 16.6. The highest BCUT2D eigenvalue weighted by Crippen LogP contribution is 2.25. The van der Waals surface area contributed by atoms with Gasteiger partial charge in [-0.15, -0.1) is 24.0 Å². The van der Waals surface area contributed by atoms with E-state index in [1.165, 1.54) is 32.1 Å². The molecule has 0 aliphatic heterocycles. The van der Waals surface area contributed by atoms with Crippen molar-refractivity contribution in [2.75, 3.05) is 19.6 Å². The van der Waals surface area contributed by atoms with Gasteiger partial charge in [-0.05, 0) is 39.5 Å². The molecule has 3 N–H and O–H groups in total. The Balaban J connectivity index is 0.00000441. The van der Waals surface area contributed by atoms with Crippen LogP contribution in [0.2, 0.25) is 0 Å². The number of rotatable bonds is 7. The van der Waals surface area contributed by atoms with E-state index in [4.69, 9.17) is 0 Å². The van der Waals surface area contributed by atoms with Crippen molar-refractivity contribution in [3.63, 3.8) is 0 Å². The summed E-state index contributed by atoms with van der Waals surface area (Å²) < 4.78 is 0. The Kier molecular flexibility index (Phi) is 12.6. The molecular weight excluding hydrogens is 391 g/mol. The second-order valence-electron chi connectivity index (χ2n) is 6.12. The SMILES string of the molecule is CCNC(=NCCNC(=O)CC1CCCCC1)NC(C)C.I. The number of amides is 1. The fourth-order valence-corrected chi connectivity index (χ4v) is 2.68. The lowest BCUT2D eigenvalue weighted by molar-refractivity contribution is -0.122. The molecule has 0 spiro atoms. The van der Waals surface area contributed by atoms with E-state index in [9.17, 15) is 4.79 Å². The maximum absolute atomic E-state index is 11.9. The molecule has 5 nitrogen and oxygen atoms in total. The van der Waals surface area contributed by atoms with Gasteiger partial charge in [0.2, 0.25) is 5.91 Å². The van der Waals surface area contributed by atoms with Crippen molar-refractivity contribution in [2.24, 2.45) is 10.9 Å². The molecule has 1 rings (SSSR count). The van der Waals surface area contributed by atoms with Gasteiger partial charge in [-0.1, -0.05) is 19.3 Å². The van der Waals surface area contributed by atoms with Gasteiger partial charge in [0.1, 0.15) is 0 Å². The average Bonchev–Trinajstić information content (AvgIpc) is 2.44. The van der Waals surface area contributed by atoms with E-state index in [1.54, 1.807) is 0 Å². The van der Waals surface area contributed by atoms with Crippen LogP contribution in [0.4, 0.5) is 0 Å². The zero-order chi connectivity index (χ0) is 15.5. The van der Waals surface area contributed by atoms with Crippen molar-refractivity contribution in [2.45, 2.75) is 65.3 Å². The minimum absolute atomic E-state index is 0. The molecule has 0 saturated heterocycles. The largest absolute Gasteiger partial charge is 0.357 e. The predicted octanol–water partition coefficient (Wildman–Crippen LogP) is 2.65. The van der Waals surface area contributed by atoms with Crippen LogP contribution in [0.1, 0.15) is 59.3 Å². The third-order valence-corrected chi connectivity index (χ3v) is 3.67. The average molecular weight is 424 g/mol. The van der Waals surface area contributed by atoms with Gasteiger partial charge >= 0.3 is 0 Å². The molecule has 6 heteroatoms. The zero-order valence-electron chi connectivity index (χ0n) is 14.3. The summed E-state index contributed by atoms with van der Waals surface area (Å²) in [5.74, 6) is 1.59. The number of hydrogen-bond donors (Lipinski definition) is 3. The van der Waals surface area contributed by atoms with Crippen LogP contribution in [-0.2, 0) is 4.79 Å². The Morgan fingerprint density at radius 1 is 1.18 bits per heavy atom. The van der Waals surface area contributed by atoms with Crippen molar-refractivity contribution < 1.29 is 4.79 Å². The fraction of sp³-hybridized carbons (Fsp3) is 0.875. The molecule has 0 unspecified atom stereocenters. The van der Waals surface area contributed by atoms with Crippen molar-refractivity contribution >= 4 is 35.8 Å². The molecule has 0 heterocycles.